The Kier molecular flexibility index (Phi) is 11.0. The number of nitrogens with one attached hydrogen (secondary N) is 3. The highest BCUT2D eigenvalue weighted by molar-refractivity contribution is 6.05. The fourth-order valence-electron chi connectivity index (χ4n) is 6.72. The predicted octanol–water partition coefficient (Wildman–Crippen LogP) is 5.09. The zero-order valence-electron chi connectivity index (χ0n) is 27.6. The Hall–Kier alpha value is -4.82. The van der Waals surface area contributed by atoms with Gasteiger partial charge in [0.05, 0.1) is 48.4 Å². The third-order valence-electron chi connectivity index (χ3n) is 9.33. The van der Waals surface area contributed by atoms with Crippen LogP contribution in [-0.4, -0.2) is 78.3 Å². The molecule has 2 aliphatic rings. The van der Waals surface area contributed by atoms with E-state index in [9.17, 15) is 32.4 Å². The molecule has 1 aliphatic carbocycles. The fourth-order valence-corrected chi connectivity index (χ4v) is 6.72. The van der Waals surface area contributed by atoms with Crippen molar-refractivity contribution in [3.05, 3.63) is 53.1 Å². The second-order valence-electron chi connectivity index (χ2n) is 12.6. The lowest BCUT2D eigenvalue weighted by molar-refractivity contribution is -0.140. The third kappa shape index (κ3) is 8.43. The number of ether oxygens (including phenoxy) is 1. The van der Waals surface area contributed by atoms with Crippen LogP contribution in [0.25, 0.3) is 11.0 Å². The molecule has 0 unspecified atom stereocenters. The molecule has 2 fully saturated rings. The number of halogens is 4. The maximum Gasteiger partial charge on any atom is 0.406 e. The van der Waals surface area contributed by atoms with Crippen molar-refractivity contribution in [2.75, 3.05) is 39.1 Å². The topological polar surface area (TPSA) is 124 Å². The number of imidazole rings is 1. The molecule has 2 heterocycles. The first-order valence-corrected chi connectivity index (χ1v) is 16.2. The number of anilines is 1. The molecule has 14 heteroatoms. The zero-order chi connectivity index (χ0) is 35.3. The van der Waals surface area contributed by atoms with Gasteiger partial charge in [-0.3, -0.25) is 14.5 Å². The molecule has 49 heavy (non-hydrogen) atoms. The van der Waals surface area contributed by atoms with E-state index in [1.807, 2.05) is 0 Å². The molecule has 2 amide bonds. The number of hydrogen-bond donors (Lipinski definition) is 3. The number of piperidine rings is 1. The van der Waals surface area contributed by atoms with Crippen LogP contribution in [0.2, 0.25) is 0 Å². The van der Waals surface area contributed by atoms with Crippen LogP contribution in [-0.2, 0) is 6.54 Å². The van der Waals surface area contributed by atoms with Crippen molar-refractivity contribution in [1.29, 1.82) is 5.26 Å². The van der Waals surface area contributed by atoms with Crippen molar-refractivity contribution < 1.29 is 31.9 Å². The van der Waals surface area contributed by atoms with Crippen LogP contribution in [0.5, 0.6) is 5.75 Å². The fraction of sp³-hybridized carbons (Fsp3) is 0.486. The van der Waals surface area contributed by atoms with Crippen LogP contribution in [0.15, 0.2) is 30.6 Å². The van der Waals surface area contributed by atoms with Crippen LogP contribution in [0.1, 0.15) is 65.3 Å². The SMILES string of the molecule is CNC(=O)c1cc(NCC#Cc2cc(C(=O)N[C@H]3CCN(C4CCC(C#N)CC4)C[C@@H]3C)c3ncn(CC(F)(F)F)c3c2)c(OC)cc1F. The van der Waals surface area contributed by atoms with Gasteiger partial charge in [0.1, 0.15) is 23.6 Å². The first-order chi connectivity index (χ1) is 23.4. The quantitative estimate of drug-likeness (QED) is 0.224. The van der Waals surface area contributed by atoms with E-state index in [0.717, 1.165) is 62.2 Å². The van der Waals surface area contributed by atoms with Gasteiger partial charge in [0.15, 0.2) is 0 Å². The summed E-state index contributed by atoms with van der Waals surface area (Å²) >= 11 is 0. The van der Waals surface area contributed by atoms with Gasteiger partial charge >= 0.3 is 6.18 Å². The van der Waals surface area contributed by atoms with Crippen molar-refractivity contribution >= 4 is 28.5 Å². The van der Waals surface area contributed by atoms with Gasteiger partial charge < -0.3 is 25.3 Å². The van der Waals surface area contributed by atoms with Crippen molar-refractivity contribution in [3.8, 4) is 23.7 Å². The number of alkyl halides is 3. The third-order valence-corrected chi connectivity index (χ3v) is 9.33. The van der Waals surface area contributed by atoms with E-state index in [2.05, 4.69) is 50.7 Å². The number of amides is 2. The average Bonchev–Trinajstić information content (AvgIpc) is 3.47. The van der Waals surface area contributed by atoms with Crippen molar-refractivity contribution in [2.45, 2.75) is 63.8 Å². The number of carbonyl (C=O) groups is 2. The number of nitrogens with zero attached hydrogens (tertiary/aromatic N) is 4. The number of likely N-dealkylation sites (tertiary alicyclic amines) is 1. The van der Waals surface area contributed by atoms with E-state index < -0.39 is 30.4 Å². The maximum atomic E-state index is 14.4. The molecule has 2 atom stereocenters. The summed E-state index contributed by atoms with van der Waals surface area (Å²) in [7, 11) is 2.73. The van der Waals surface area contributed by atoms with Gasteiger partial charge in [-0.1, -0.05) is 18.8 Å². The van der Waals surface area contributed by atoms with Crippen LogP contribution >= 0.6 is 0 Å². The summed E-state index contributed by atoms with van der Waals surface area (Å²) in [6, 6.07) is 8.01. The number of nitriles is 1. The van der Waals surface area contributed by atoms with E-state index in [1.54, 1.807) is 0 Å². The molecule has 260 valence electrons. The smallest absolute Gasteiger partial charge is 0.406 e. The van der Waals surface area contributed by atoms with Gasteiger partial charge in [0.25, 0.3) is 11.8 Å². The largest absolute Gasteiger partial charge is 0.494 e. The van der Waals surface area contributed by atoms with Crippen molar-refractivity contribution in [1.82, 2.24) is 25.1 Å². The Labute approximate surface area is 282 Å². The molecular formula is C35H39F4N7O3. The minimum Gasteiger partial charge on any atom is -0.494 e. The van der Waals surface area contributed by atoms with Gasteiger partial charge in [-0.25, -0.2) is 9.37 Å². The average molecular weight is 682 g/mol. The Morgan fingerprint density at radius 1 is 1.08 bits per heavy atom. The minimum absolute atomic E-state index is 0.00477. The lowest BCUT2D eigenvalue weighted by Crippen LogP contribution is -2.53. The number of aromatic nitrogens is 2. The molecule has 1 aromatic heterocycles. The number of fused-ring (bicyclic) bond motifs is 1. The van der Waals surface area contributed by atoms with Gasteiger partial charge in [-0.2, -0.15) is 18.4 Å². The molecular weight excluding hydrogens is 642 g/mol. The molecule has 3 N–H and O–H groups in total. The predicted molar refractivity (Wildman–Crippen MR) is 175 cm³/mol. The van der Waals surface area contributed by atoms with Crippen molar-refractivity contribution in [3.63, 3.8) is 0 Å². The first-order valence-electron chi connectivity index (χ1n) is 16.2. The zero-order valence-corrected chi connectivity index (χ0v) is 27.6. The molecule has 0 spiro atoms. The molecule has 3 aromatic rings. The van der Waals surface area contributed by atoms with E-state index in [0.29, 0.717) is 17.3 Å². The Morgan fingerprint density at radius 2 is 1.84 bits per heavy atom. The summed E-state index contributed by atoms with van der Waals surface area (Å²) in [5, 5.41) is 17.7. The molecule has 2 aromatic carbocycles. The van der Waals surface area contributed by atoms with Crippen LogP contribution in [0.4, 0.5) is 23.2 Å². The van der Waals surface area contributed by atoms with E-state index in [4.69, 9.17) is 4.74 Å². The molecule has 1 aliphatic heterocycles. The number of carbonyl (C=O) groups excluding carboxylic acids is 2. The second kappa shape index (κ2) is 15.2. The minimum atomic E-state index is -4.51. The number of rotatable bonds is 8. The lowest BCUT2D eigenvalue weighted by Gasteiger charge is -2.43. The van der Waals surface area contributed by atoms with Gasteiger partial charge in [0.2, 0.25) is 0 Å². The Morgan fingerprint density at radius 3 is 2.49 bits per heavy atom. The van der Waals surface area contributed by atoms with Crippen molar-refractivity contribution in [2.24, 2.45) is 11.8 Å². The molecule has 5 rings (SSSR count). The maximum absolute atomic E-state index is 14.4. The lowest BCUT2D eigenvalue weighted by atomic mass is 9.84. The molecule has 0 bridgehead atoms. The summed E-state index contributed by atoms with van der Waals surface area (Å²) in [6.07, 6.45) is 1.05. The van der Waals surface area contributed by atoms with E-state index in [-0.39, 0.29) is 52.3 Å². The monoisotopic (exact) mass is 681 g/mol. The standard InChI is InChI=1S/C35H39F4N7O3/c1-21-18-45(24-8-6-22(17-40)7-9-24)12-10-28(21)44-34(48)26-13-23(14-30-32(26)43-20-46(30)19-35(37,38)39)5-4-11-42-29-15-25(33(47)41-2)27(36)16-31(29)49-3/h13-16,20-22,24,28,42H,6-12,18-19H2,1-3H3,(H,41,47)(H,44,48)/t21-,22?,24?,28-/m0/s1. The summed E-state index contributed by atoms with van der Waals surface area (Å²) in [6.45, 7) is 2.39. The Balaban J connectivity index is 1.34. The van der Waals surface area contributed by atoms with Crippen LogP contribution in [0.3, 0.4) is 0 Å². The highest BCUT2D eigenvalue weighted by Crippen LogP contribution is 2.31. The summed E-state index contributed by atoms with van der Waals surface area (Å²) in [5.74, 6) is 4.36. The number of methoxy groups -OCH3 is 1. The summed E-state index contributed by atoms with van der Waals surface area (Å²) in [4.78, 5) is 32.4. The first kappa shape index (κ1) is 35.5. The normalized spacial score (nSPS) is 21.3. The van der Waals surface area contributed by atoms with E-state index >= 15 is 0 Å². The second-order valence-corrected chi connectivity index (χ2v) is 12.6. The van der Waals surface area contributed by atoms with E-state index in [1.165, 1.54) is 32.4 Å². The highest BCUT2D eigenvalue weighted by atomic mass is 19.4. The number of benzene rings is 2. The molecule has 1 saturated carbocycles. The van der Waals surface area contributed by atoms with Crippen LogP contribution in [0, 0.1) is 40.8 Å². The number of hydrogen-bond acceptors (Lipinski definition) is 7. The molecule has 10 nitrogen and oxygen atoms in total. The summed E-state index contributed by atoms with van der Waals surface area (Å²) < 4.78 is 60.8. The Bertz CT molecular complexity index is 1800. The molecule has 1 saturated heterocycles. The van der Waals surface area contributed by atoms with Gasteiger partial charge in [0, 0.05) is 49.8 Å². The molecule has 0 radical (unpaired) electrons. The highest BCUT2D eigenvalue weighted by Gasteiger charge is 2.34. The van der Waals surface area contributed by atoms with Gasteiger partial charge in [-0.15, -0.1) is 0 Å². The van der Waals surface area contributed by atoms with Gasteiger partial charge in [-0.05, 0) is 56.2 Å². The van der Waals surface area contributed by atoms with Crippen LogP contribution < -0.4 is 20.7 Å². The summed E-state index contributed by atoms with van der Waals surface area (Å²) in [5.41, 5.74) is 0.800.